The summed E-state index contributed by atoms with van der Waals surface area (Å²) in [7, 11) is 0.0833. The summed E-state index contributed by atoms with van der Waals surface area (Å²) in [5, 5.41) is 9.10. The van der Waals surface area contributed by atoms with Gasteiger partial charge in [-0.05, 0) is 41.6 Å². The summed E-state index contributed by atoms with van der Waals surface area (Å²) in [6.07, 6.45) is -4.74. The molecule has 1 heterocycles. The van der Waals surface area contributed by atoms with E-state index in [4.69, 9.17) is 20.5 Å². The minimum atomic E-state index is -4.74. The van der Waals surface area contributed by atoms with E-state index in [2.05, 4.69) is 9.97 Å². The van der Waals surface area contributed by atoms with E-state index in [-0.39, 0.29) is 38.2 Å². The molecule has 2 unspecified atom stereocenters. The maximum Gasteiger partial charge on any atom is 0.419 e. The Morgan fingerprint density at radius 1 is 1.00 bits per heavy atom. The van der Waals surface area contributed by atoms with Crippen molar-refractivity contribution in [1.82, 2.24) is 9.97 Å². The SMILES string of the molecule is CPO.NC(CO)c1nc(-c2ccc(OCc3ccc(-c4ccccc4)cc3)c(C(F)(F)F)c2)c(F)[nH]1. The van der Waals surface area contributed by atoms with Gasteiger partial charge in [0, 0.05) is 14.4 Å². The second kappa shape index (κ2) is 12.8. The van der Waals surface area contributed by atoms with Gasteiger partial charge < -0.3 is 25.5 Å². The Labute approximate surface area is 213 Å². The Morgan fingerprint density at radius 2 is 1.59 bits per heavy atom. The summed E-state index contributed by atoms with van der Waals surface area (Å²) in [5.74, 6) is -1.39. The number of halogens is 4. The van der Waals surface area contributed by atoms with Gasteiger partial charge in [0.15, 0.2) is 0 Å². The minimum Gasteiger partial charge on any atom is -0.488 e. The first-order valence-corrected chi connectivity index (χ1v) is 12.5. The van der Waals surface area contributed by atoms with Gasteiger partial charge in [-0.1, -0.05) is 54.6 Å². The third-order valence-corrected chi connectivity index (χ3v) is 5.24. The number of aliphatic hydroxyl groups is 1. The van der Waals surface area contributed by atoms with Gasteiger partial charge in [0.1, 0.15) is 23.9 Å². The lowest BCUT2D eigenvalue weighted by atomic mass is 10.0. The molecule has 37 heavy (non-hydrogen) atoms. The first-order chi connectivity index (χ1) is 17.7. The molecule has 0 saturated heterocycles. The van der Waals surface area contributed by atoms with Crippen molar-refractivity contribution < 1.29 is 32.3 Å². The van der Waals surface area contributed by atoms with Gasteiger partial charge in [-0.2, -0.15) is 17.6 Å². The minimum absolute atomic E-state index is 0.0668. The van der Waals surface area contributed by atoms with Crippen LogP contribution in [0, 0.1) is 5.95 Å². The van der Waals surface area contributed by atoms with Crippen molar-refractivity contribution in [2.45, 2.75) is 18.8 Å². The molecule has 4 aromatic rings. The molecular formula is C26H26F4N3O3P. The molecule has 5 N–H and O–H groups in total. The summed E-state index contributed by atoms with van der Waals surface area (Å²) < 4.78 is 61.0. The standard InChI is InChI=1S/C25H21F4N3O2.CH5OP/c26-23-22(31-24(32-23)20(30)13-33)18-10-11-21(19(12-18)25(27,28)29)34-14-15-6-8-17(9-7-15)16-4-2-1-3-5-16;1-3-2/h1-12,20,33H,13-14,30H2,(H,31,32);2-3H,1H3. The highest BCUT2D eigenvalue weighted by Crippen LogP contribution is 2.39. The quantitative estimate of drug-likeness (QED) is 0.180. The molecule has 0 radical (unpaired) electrons. The largest absolute Gasteiger partial charge is 0.488 e. The number of alkyl halides is 3. The monoisotopic (exact) mass is 535 g/mol. The Bertz CT molecular complexity index is 1280. The average Bonchev–Trinajstić information content (AvgIpc) is 3.29. The van der Waals surface area contributed by atoms with Crippen LogP contribution in [-0.4, -0.2) is 33.2 Å². The van der Waals surface area contributed by atoms with Crippen molar-refractivity contribution in [1.29, 1.82) is 0 Å². The first kappa shape index (κ1) is 28.3. The molecule has 0 fully saturated rings. The number of aromatic amines is 1. The average molecular weight is 535 g/mol. The fourth-order valence-corrected chi connectivity index (χ4v) is 3.43. The van der Waals surface area contributed by atoms with Gasteiger partial charge in [0.25, 0.3) is 0 Å². The predicted octanol–water partition coefficient (Wildman–Crippen LogP) is 5.67. The Morgan fingerprint density at radius 3 is 2.19 bits per heavy atom. The van der Waals surface area contributed by atoms with Gasteiger partial charge in [-0.15, -0.1) is 0 Å². The number of aromatic nitrogens is 2. The van der Waals surface area contributed by atoms with Crippen molar-refractivity contribution in [3.05, 3.63) is 95.7 Å². The van der Waals surface area contributed by atoms with E-state index in [0.29, 0.717) is 5.56 Å². The van der Waals surface area contributed by atoms with Gasteiger partial charge >= 0.3 is 6.18 Å². The number of imidazole rings is 1. The lowest BCUT2D eigenvalue weighted by Crippen LogP contribution is -2.16. The van der Waals surface area contributed by atoms with Crippen LogP contribution in [0.3, 0.4) is 0 Å². The Balaban J connectivity index is 0.00000121. The molecule has 4 rings (SSSR count). The Hall–Kier alpha value is -3.30. The summed E-state index contributed by atoms with van der Waals surface area (Å²) in [6.45, 7) is 1.13. The number of nitrogens with zero attached hydrogens (tertiary/aromatic N) is 1. The maximum atomic E-state index is 14.3. The highest BCUT2D eigenvalue weighted by Gasteiger charge is 2.35. The van der Waals surface area contributed by atoms with Gasteiger partial charge in [0.05, 0.1) is 18.2 Å². The molecule has 0 aliphatic heterocycles. The molecule has 0 saturated carbocycles. The van der Waals surface area contributed by atoms with Crippen molar-refractivity contribution in [2.24, 2.45) is 5.73 Å². The van der Waals surface area contributed by atoms with Crippen LogP contribution < -0.4 is 10.5 Å². The van der Waals surface area contributed by atoms with E-state index in [1.165, 1.54) is 6.07 Å². The summed E-state index contributed by atoms with van der Waals surface area (Å²) >= 11 is 0. The van der Waals surface area contributed by atoms with Crippen LogP contribution in [0.15, 0.2) is 72.8 Å². The summed E-state index contributed by atoms with van der Waals surface area (Å²) in [6, 6.07) is 19.2. The van der Waals surface area contributed by atoms with E-state index in [0.717, 1.165) is 23.3 Å². The van der Waals surface area contributed by atoms with Crippen LogP contribution in [0.2, 0.25) is 0 Å². The molecule has 0 aliphatic carbocycles. The molecular weight excluding hydrogens is 509 g/mol. The van der Waals surface area contributed by atoms with Crippen LogP contribution in [0.1, 0.15) is 23.0 Å². The van der Waals surface area contributed by atoms with Crippen LogP contribution >= 0.6 is 8.81 Å². The summed E-state index contributed by atoms with van der Waals surface area (Å²) in [5.41, 5.74) is 6.82. The molecule has 6 nitrogen and oxygen atoms in total. The molecule has 0 amide bonds. The van der Waals surface area contributed by atoms with Gasteiger partial charge in [-0.3, -0.25) is 0 Å². The zero-order valence-corrected chi connectivity index (χ0v) is 20.8. The normalized spacial score (nSPS) is 12.3. The number of ether oxygens (including phenoxy) is 1. The maximum absolute atomic E-state index is 14.3. The van der Waals surface area contributed by atoms with Crippen LogP contribution in [-0.2, 0) is 12.8 Å². The molecule has 0 aliphatic rings. The predicted molar refractivity (Wildman–Crippen MR) is 136 cm³/mol. The van der Waals surface area contributed by atoms with Crippen molar-refractivity contribution in [3.8, 4) is 28.1 Å². The van der Waals surface area contributed by atoms with E-state index in [1.807, 2.05) is 42.5 Å². The van der Waals surface area contributed by atoms with Gasteiger partial charge in [0.2, 0.25) is 5.95 Å². The smallest absolute Gasteiger partial charge is 0.419 e. The molecule has 0 bridgehead atoms. The molecule has 196 valence electrons. The molecule has 2 atom stereocenters. The number of nitrogens with one attached hydrogen (secondary N) is 1. The van der Waals surface area contributed by atoms with Crippen LogP contribution in [0.5, 0.6) is 5.75 Å². The Kier molecular flexibility index (Phi) is 9.77. The fourth-order valence-electron chi connectivity index (χ4n) is 3.43. The number of nitrogens with two attached hydrogens (primary N) is 1. The summed E-state index contributed by atoms with van der Waals surface area (Å²) in [4.78, 5) is 13.8. The van der Waals surface area contributed by atoms with E-state index >= 15 is 0 Å². The first-order valence-electron chi connectivity index (χ1n) is 11.1. The van der Waals surface area contributed by atoms with E-state index in [1.54, 1.807) is 18.8 Å². The topological polar surface area (TPSA) is 104 Å². The van der Waals surface area contributed by atoms with Crippen LogP contribution in [0.4, 0.5) is 17.6 Å². The second-order valence-corrected chi connectivity index (χ2v) is 8.30. The number of benzene rings is 3. The third-order valence-electron chi connectivity index (χ3n) is 5.24. The number of hydrogen-bond acceptors (Lipinski definition) is 5. The third kappa shape index (κ3) is 7.36. The van der Waals surface area contributed by atoms with Crippen molar-refractivity contribution in [3.63, 3.8) is 0 Å². The molecule has 1 aromatic heterocycles. The molecule has 0 spiro atoms. The number of H-pyrrole nitrogens is 1. The number of aliphatic hydroxyl groups excluding tert-OH is 1. The zero-order chi connectivity index (χ0) is 27.0. The van der Waals surface area contributed by atoms with E-state index < -0.39 is 30.3 Å². The number of hydrogen-bond donors (Lipinski definition) is 4. The zero-order valence-electron chi connectivity index (χ0n) is 19.8. The van der Waals surface area contributed by atoms with Crippen molar-refractivity contribution in [2.75, 3.05) is 13.3 Å². The van der Waals surface area contributed by atoms with Crippen molar-refractivity contribution >= 4 is 8.81 Å². The second-order valence-electron chi connectivity index (χ2n) is 7.86. The molecule has 11 heteroatoms. The molecule has 3 aromatic carbocycles. The highest BCUT2D eigenvalue weighted by atomic mass is 31.1. The van der Waals surface area contributed by atoms with Crippen LogP contribution in [0.25, 0.3) is 22.4 Å². The fraction of sp³-hybridized carbons (Fsp3) is 0.192. The lowest BCUT2D eigenvalue weighted by molar-refractivity contribution is -0.139. The number of rotatable bonds is 7. The highest BCUT2D eigenvalue weighted by molar-refractivity contribution is 7.29. The lowest BCUT2D eigenvalue weighted by Gasteiger charge is -2.15. The van der Waals surface area contributed by atoms with E-state index in [9.17, 15) is 17.6 Å². The van der Waals surface area contributed by atoms with Gasteiger partial charge in [-0.25, -0.2) is 4.98 Å².